The minimum absolute atomic E-state index is 0.112. The smallest absolute Gasteiger partial charge is 0.220 e. The third-order valence-corrected chi connectivity index (χ3v) is 2.81. The Morgan fingerprint density at radius 1 is 1.37 bits per heavy atom. The molecule has 0 aromatic rings. The van der Waals surface area contributed by atoms with Crippen molar-refractivity contribution in [1.82, 2.24) is 5.32 Å². The van der Waals surface area contributed by atoms with E-state index in [1.165, 1.54) is 0 Å². The molecule has 0 aliphatic heterocycles. The first-order valence-corrected chi connectivity index (χ1v) is 6.97. The van der Waals surface area contributed by atoms with Gasteiger partial charge in [0.15, 0.2) is 0 Å². The molecule has 112 valence electrons. The fourth-order valence-corrected chi connectivity index (χ4v) is 2.22. The van der Waals surface area contributed by atoms with Crippen molar-refractivity contribution in [3.63, 3.8) is 0 Å². The molecular weight excluding hydrogens is 242 g/mol. The van der Waals surface area contributed by atoms with Crippen LogP contribution in [0, 0.1) is 11.3 Å². The zero-order chi connectivity index (χ0) is 14.9. The topological polar surface area (TPSA) is 87.7 Å². The number of nitrogens with one attached hydrogen (secondary N) is 1. The predicted octanol–water partition coefficient (Wildman–Crippen LogP) is 2.48. The summed E-state index contributed by atoms with van der Waals surface area (Å²) in [5, 5.41) is 14.2. The van der Waals surface area contributed by atoms with Crippen LogP contribution in [0.4, 0.5) is 0 Å². The van der Waals surface area contributed by atoms with E-state index in [9.17, 15) is 4.79 Å². The van der Waals surface area contributed by atoms with E-state index in [1.807, 2.05) is 0 Å². The van der Waals surface area contributed by atoms with Crippen LogP contribution in [0.25, 0.3) is 0 Å². The summed E-state index contributed by atoms with van der Waals surface area (Å²) in [7, 11) is 0. The summed E-state index contributed by atoms with van der Waals surface area (Å²) >= 11 is 0. The Bertz CT molecular complexity index is 296. The van der Waals surface area contributed by atoms with Crippen LogP contribution in [0.15, 0.2) is 5.16 Å². The number of unbranched alkanes of at least 4 members (excludes halogenated alkanes) is 1. The molecule has 1 unspecified atom stereocenters. The summed E-state index contributed by atoms with van der Waals surface area (Å²) in [4.78, 5) is 11.7. The summed E-state index contributed by atoms with van der Waals surface area (Å²) in [6.07, 6.45) is 3.84. The molecule has 0 fully saturated rings. The van der Waals surface area contributed by atoms with Crippen molar-refractivity contribution in [1.29, 1.82) is 0 Å². The molecule has 0 rings (SSSR count). The van der Waals surface area contributed by atoms with E-state index in [0.717, 1.165) is 19.3 Å². The number of nitrogens with zero attached hydrogens (tertiary/aromatic N) is 1. The van der Waals surface area contributed by atoms with Gasteiger partial charge < -0.3 is 16.3 Å². The molecule has 1 atom stereocenters. The third-order valence-electron chi connectivity index (χ3n) is 2.81. The average molecular weight is 271 g/mol. The molecule has 1 amide bonds. The van der Waals surface area contributed by atoms with Crippen LogP contribution >= 0.6 is 0 Å². The van der Waals surface area contributed by atoms with E-state index >= 15 is 0 Å². The van der Waals surface area contributed by atoms with Gasteiger partial charge in [0.25, 0.3) is 0 Å². The second kappa shape index (κ2) is 8.77. The molecule has 19 heavy (non-hydrogen) atoms. The van der Waals surface area contributed by atoms with Crippen molar-refractivity contribution in [3.05, 3.63) is 0 Å². The monoisotopic (exact) mass is 271 g/mol. The van der Waals surface area contributed by atoms with Gasteiger partial charge in [-0.2, -0.15) is 0 Å². The molecule has 5 nitrogen and oxygen atoms in total. The Hall–Kier alpha value is -1.26. The maximum Gasteiger partial charge on any atom is 0.220 e. The number of carbonyl (C=O) groups excluding carboxylic acids is 1. The van der Waals surface area contributed by atoms with E-state index in [2.05, 4.69) is 38.2 Å². The highest BCUT2D eigenvalue weighted by molar-refractivity contribution is 5.79. The summed E-state index contributed by atoms with van der Waals surface area (Å²) < 4.78 is 0. The second-order valence-corrected chi connectivity index (χ2v) is 6.47. The summed E-state index contributed by atoms with van der Waals surface area (Å²) in [6, 6.07) is 0. The lowest BCUT2D eigenvalue weighted by Crippen LogP contribution is -2.27. The molecule has 5 heteroatoms. The second-order valence-electron chi connectivity index (χ2n) is 6.47. The highest BCUT2D eigenvalue weighted by Gasteiger charge is 2.17. The molecule has 0 heterocycles. The van der Waals surface area contributed by atoms with Crippen molar-refractivity contribution in [2.24, 2.45) is 22.2 Å². The third kappa shape index (κ3) is 11.6. The highest BCUT2D eigenvalue weighted by Crippen LogP contribution is 2.25. The van der Waals surface area contributed by atoms with Crippen molar-refractivity contribution in [2.75, 3.05) is 6.54 Å². The first kappa shape index (κ1) is 17.7. The van der Waals surface area contributed by atoms with Gasteiger partial charge in [-0.3, -0.25) is 4.79 Å². The molecule has 0 aliphatic rings. The molecule has 4 N–H and O–H groups in total. The molecule has 0 radical (unpaired) electrons. The van der Waals surface area contributed by atoms with Crippen LogP contribution in [0.2, 0.25) is 0 Å². The highest BCUT2D eigenvalue weighted by atomic mass is 16.4. The van der Waals surface area contributed by atoms with Gasteiger partial charge in [0.2, 0.25) is 5.91 Å². The predicted molar refractivity (Wildman–Crippen MR) is 78.1 cm³/mol. The largest absolute Gasteiger partial charge is 0.409 e. The number of hydrogen-bond donors (Lipinski definition) is 3. The SMILES string of the molecule is CC(CC(=O)NCCCCC(N)=NO)CC(C)(C)C. The molecule has 0 bridgehead atoms. The lowest BCUT2D eigenvalue weighted by molar-refractivity contribution is -0.122. The fraction of sp³-hybridized carbons (Fsp3) is 0.857. The minimum atomic E-state index is 0.112. The number of carbonyl (C=O) groups is 1. The molecule has 0 spiro atoms. The van der Waals surface area contributed by atoms with Crippen LogP contribution in [0.3, 0.4) is 0 Å². The lowest BCUT2D eigenvalue weighted by atomic mass is 9.84. The van der Waals surface area contributed by atoms with Crippen molar-refractivity contribution in [2.45, 2.75) is 59.8 Å². The Morgan fingerprint density at radius 2 is 2.00 bits per heavy atom. The fourth-order valence-electron chi connectivity index (χ4n) is 2.22. The first-order valence-electron chi connectivity index (χ1n) is 6.97. The number of hydrogen-bond acceptors (Lipinski definition) is 3. The number of rotatable bonds is 8. The van der Waals surface area contributed by atoms with E-state index in [-0.39, 0.29) is 17.2 Å². The Balaban J connectivity index is 3.65. The van der Waals surface area contributed by atoms with Crippen LogP contribution in [-0.2, 0) is 4.79 Å². The van der Waals surface area contributed by atoms with E-state index < -0.39 is 0 Å². The van der Waals surface area contributed by atoms with Gasteiger partial charge in [-0.15, -0.1) is 0 Å². The molecule has 0 aromatic carbocycles. The van der Waals surface area contributed by atoms with Gasteiger partial charge in [-0.05, 0) is 30.6 Å². The van der Waals surface area contributed by atoms with Gasteiger partial charge in [-0.25, -0.2) is 0 Å². The minimum Gasteiger partial charge on any atom is -0.409 e. The van der Waals surface area contributed by atoms with Gasteiger partial charge in [0, 0.05) is 19.4 Å². The summed E-state index contributed by atoms with van der Waals surface area (Å²) in [5.74, 6) is 0.753. The van der Waals surface area contributed by atoms with Gasteiger partial charge in [0.1, 0.15) is 5.84 Å². The Morgan fingerprint density at radius 3 is 2.53 bits per heavy atom. The molecule has 0 aliphatic carbocycles. The maximum absolute atomic E-state index is 11.7. The van der Waals surface area contributed by atoms with Crippen LogP contribution in [0.5, 0.6) is 0 Å². The Kier molecular flexibility index (Phi) is 8.19. The molecular formula is C14H29N3O2. The quantitative estimate of drug-likeness (QED) is 0.208. The van der Waals surface area contributed by atoms with E-state index in [0.29, 0.717) is 25.3 Å². The average Bonchev–Trinajstić information content (AvgIpc) is 2.25. The van der Waals surface area contributed by atoms with Crippen molar-refractivity contribution in [3.8, 4) is 0 Å². The van der Waals surface area contributed by atoms with E-state index in [1.54, 1.807) is 0 Å². The number of amides is 1. The standard InChI is InChI=1S/C14H29N3O2/c1-11(10-14(2,3)4)9-13(18)16-8-6-5-7-12(15)17-19/h11,19H,5-10H2,1-4H3,(H2,15,17)(H,16,18). The molecule has 0 saturated heterocycles. The van der Waals surface area contributed by atoms with Crippen LogP contribution in [0.1, 0.15) is 59.8 Å². The maximum atomic E-state index is 11.7. The van der Waals surface area contributed by atoms with E-state index in [4.69, 9.17) is 10.9 Å². The summed E-state index contributed by atoms with van der Waals surface area (Å²) in [5.41, 5.74) is 5.62. The molecule has 0 saturated carbocycles. The number of amidine groups is 1. The molecule has 0 aromatic heterocycles. The first-order chi connectivity index (χ1) is 8.74. The Labute approximate surface area is 116 Å². The van der Waals surface area contributed by atoms with Gasteiger partial charge in [0.05, 0.1) is 0 Å². The number of oxime groups is 1. The van der Waals surface area contributed by atoms with Crippen LogP contribution < -0.4 is 11.1 Å². The van der Waals surface area contributed by atoms with Crippen molar-refractivity contribution < 1.29 is 10.0 Å². The lowest BCUT2D eigenvalue weighted by Gasteiger charge is -2.22. The zero-order valence-electron chi connectivity index (χ0n) is 12.7. The van der Waals surface area contributed by atoms with Crippen LogP contribution in [-0.4, -0.2) is 23.5 Å². The van der Waals surface area contributed by atoms with Gasteiger partial charge in [-0.1, -0.05) is 32.9 Å². The normalized spacial score (nSPS) is 14.2. The number of nitrogens with two attached hydrogens (primary N) is 1. The van der Waals surface area contributed by atoms with Crippen molar-refractivity contribution >= 4 is 11.7 Å². The summed E-state index contributed by atoms with van der Waals surface area (Å²) in [6.45, 7) is 9.33. The van der Waals surface area contributed by atoms with Gasteiger partial charge >= 0.3 is 0 Å². The zero-order valence-corrected chi connectivity index (χ0v) is 12.7.